The Kier molecular flexibility index (Phi) is 6.81. The van der Waals surface area contributed by atoms with Gasteiger partial charge in [-0.15, -0.1) is 0 Å². The number of nitrogens with zero attached hydrogens (tertiary/aromatic N) is 1. The van der Waals surface area contributed by atoms with Gasteiger partial charge in [-0.1, -0.05) is 49.1 Å². The van der Waals surface area contributed by atoms with Gasteiger partial charge in [0.25, 0.3) is 0 Å². The van der Waals surface area contributed by atoms with Crippen LogP contribution in [0, 0.1) is 0 Å². The summed E-state index contributed by atoms with van der Waals surface area (Å²) in [6, 6.07) is 21.2. The largest absolute Gasteiger partial charge is 0.487 e. The van der Waals surface area contributed by atoms with E-state index in [1.165, 1.54) is 29.5 Å². The van der Waals surface area contributed by atoms with E-state index in [4.69, 9.17) is 9.47 Å². The number of hydrogen-bond acceptors (Lipinski definition) is 3. The zero-order valence-corrected chi connectivity index (χ0v) is 17.4. The van der Waals surface area contributed by atoms with Gasteiger partial charge in [0.1, 0.15) is 6.61 Å². The molecule has 1 aliphatic rings. The van der Waals surface area contributed by atoms with E-state index in [1.807, 2.05) is 18.5 Å². The van der Waals surface area contributed by atoms with Crippen LogP contribution in [0.15, 0.2) is 85.7 Å². The van der Waals surface area contributed by atoms with Gasteiger partial charge < -0.3 is 9.47 Å². The molecule has 0 aliphatic heterocycles. The van der Waals surface area contributed by atoms with Crippen LogP contribution in [0.25, 0.3) is 0 Å². The van der Waals surface area contributed by atoms with Crippen LogP contribution in [0.1, 0.15) is 48.3 Å². The Bertz CT molecular complexity index is 934. The third-order valence-corrected chi connectivity index (χ3v) is 5.71. The predicted octanol–water partition coefficient (Wildman–Crippen LogP) is 6.34. The fourth-order valence-corrected chi connectivity index (χ4v) is 4.16. The molecule has 2 aromatic carbocycles. The molecule has 0 spiro atoms. The average molecular weight is 400 g/mol. The van der Waals surface area contributed by atoms with E-state index in [2.05, 4.69) is 66.2 Å². The summed E-state index contributed by atoms with van der Waals surface area (Å²) >= 11 is 0. The van der Waals surface area contributed by atoms with E-state index in [0.717, 1.165) is 30.8 Å². The highest BCUT2D eigenvalue weighted by atomic mass is 16.5. The van der Waals surface area contributed by atoms with Crippen LogP contribution < -0.4 is 9.47 Å². The number of aromatic nitrogens is 1. The predicted molar refractivity (Wildman–Crippen MR) is 121 cm³/mol. The van der Waals surface area contributed by atoms with Gasteiger partial charge in [-0.3, -0.25) is 4.98 Å². The summed E-state index contributed by atoms with van der Waals surface area (Å²) < 4.78 is 12.3. The lowest BCUT2D eigenvalue weighted by atomic mass is 9.86. The maximum atomic E-state index is 6.41. The summed E-state index contributed by atoms with van der Waals surface area (Å²) in [6.45, 7) is 4.24. The standard InChI is InChI=1S/C27H29NO2/c1-2-18-29-26-13-12-23(20-27(26)30-24-10-6-7-11-24)25(22-8-4-3-5-9-22)19-21-14-16-28-17-15-21/h2-5,8-9,12-17,20,24-25H,1,6-7,10-11,18-19H2/t25-/m1/s1. The van der Waals surface area contributed by atoms with Crippen LogP contribution in [0.2, 0.25) is 0 Å². The molecule has 1 heterocycles. The zero-order chi connectivity index (χ0) is 20.6. The fourth-order valence-electron chi connectivity index (χ4n) is 4.16. The summed E-state index contributed by atoms with van der Waals surface area (Å²) in [5.41, 5.74) is 3.79. The van der Waals surface area contributed by atoms with Crippen molar-refractivity contribution in [3.8, 4) is 11.5 Å². The molecule has 1 saturated carbocycles. The molecule has 3 aromatic rings. The van der Waals surface area contributed by atoms with E-state index in [0.29, 0.717) is 6.61 Å². The van der Waals surface area contributed by atoms with Gasteiger partial charge in [0.05, 0.1) is 6.10 Å². The van der Waals surface area contributed by atoms with Crippen molar-refractivity contribution >= 4 is 0 Å². The van der Waals surface area contributed by atoms with Crippen molar-refractivity contribution < 1.29 is 9.47 Å². The van der Waals surface area contributed by atoms with Crippen molar-refractivity contribution in [1.82, 2.24) is 4.98 Å². The van der Waals surface area contributed by atoms with Crippen molar-refractivity contribution in [2.24, 2.45) is 0 Å². The molecule has 1 atom stereocenters. The molecule has 3 heteroatoms. The minimum atomic E-state index is 0.230. The summed E-state index contributed by atoms with van der Waals surface area (Å²) in [5, 5.41) is 0. The first-order chi connectivity index (χ1) is 14.8. The lowest BCUT2D eigenvalue weighted by Crippen LogP contribution is -2.13. The SMILES string of the molecule is C=CCOc1ccc([C@H](Cc2ccncc2)c2ccccc2)cc1OC1CCCC1. The van der Waals surface area contributed by atoms with Gasteiger partial charge in [0.15, 0.2) is 11.5 Å². The highest BCUT2D eigenvalue weighted by molar-refractivity contribution is 5.47. The molecule has 0 amide bonds. The maximum Gasteiger partial charge on any atom is 0.161 e. The van der Waals surface area contributed by atoms with E-state index in [1.54, 1.807) is 6.08 Å². The topological polar surface area (TPSA) is 31.4 Å². The number of rotatable bonds is 9. The number of hydrogen-bond donors (Lipinski definition) is 0. The first-order valence-corrected chi connectivity index (χ1v) is 10.8. The molecule has 0 unspecified atom stereocenters. The maximum absolute atomic E-state index is 6.41. The molecule has 4 rings (SSSR count). The molecular formula is C27H29NO2. The molecule has 1 fully saturated rings. The van der Waals surface area contributed by atoms with Gasteiger partial charge in [0, 0.05) is 18.3 Å². The Hall–Kier alpha value is -3.07. The first-order valence-electron chi connectivity index (χ1n) is 10.8. The molecule has 0 saturated heterocycles. The third-order valence-electron chi connectivity index (χ3n) is 5.71. The van der Waals surface area contributed by atoms with Gasteiger partial charge >= 0.3 is 0 Å². The Balaban J connectivity index is 1.68. The summed E-state index contributed by atoms with van der Waals surface area (Å²) in [6.07, 6.45) is 11.4. The highest BCUT2D eigenvalue weighted by Crippen LogP contribution is 2.37. The van der Waals surface area contributed by atoms with Gasteiger partial charge in [-0.25, -0.2) is 0 Å². The van der Waals surface area contributed by atoms with Crippen molar-refractivity contribution in [3.63, 3.8) is 0 Å². The van der Waals surface area contributed by atoms with Crippen LogP contribution >= 0.6 is 0 Å². The zero-order valence-electron chi connectivity index (χ0n) is 17.4. The quantitative estimate of drug-likeness (QED) is 0.393. The molecule has 0 bridgehead atoms. The summed E-state index contributed by atoms with van der Waals surface area (Å²) in [5.74, 6) is 1.87. The first kappa shape index (κ1) is 20.2. The van der Waals surface area contributed by atoms with Gasteiger partial charge in [-0.05, 0) is 73.1 Å². The summed E-state index contributed by atoms with van der Waals surface area (Å²) in [7, 11) is 0. The Labute approximate surface area is 179 Å². The second-order valence-electron chi connectivity index (χ2n) is 7.85. The van der Waals surface area contributed by atoms with Crippen LogP contribution in [0.3, 0.4) is 0 Å². The second kappa shape index (κ2) is 10.1. The number of benzene rings is 2. The van der Waals surface area contributed by atoms with E-state index >= 15 is 0 Å². The average Bonchev–Trinajstić information content (AvgIpc) is 3.31. The highest BCUT2D eigenvalue weighted by Gasteiger charge is 2.21. The van der Waals surface area contributed by atoms with Crippen LogP contribution in [0.4, 0.5) is 0 Å². The molecule has 30 heavy (non-hydrogen) atoms. The minimum Gasteiger partial charge on any atom is -0.487 e. The van der Waals surface area contributed by atoms with Crippen LogP contribution in [-0.2, 0) is 6.42 Å². The summed E-state index contributed by atoms with van der Waals surface area (Å²) in [4.78, 5) is 4.17. The molecule has 1 aromatic heterocycles. The monoisotopic (exact) mass is 399 g/mol. The molecule has 0 N–H and O–H groups in total. The molecule has 3 nitrogen and oxygen atoms in total. The normalized spacial score (nSPS) is 14.9. The molecule has 154 valence electrons. The van der Waals surface area contributed by atoms with Crippen molar-refractivity contribution in [2.75, 3.05) is 6.61 Å². The molecule has 0 radical (unpaired) electrons. The number of pyridine rings is 1. The molecular weight excluding hydrogens is 370 g/mol. The van der Waals surface area contributed by atoms with Gasteiger partial charge in [0.2, 0.25) is 0 Å². The van der Waals surface area contributed by atoms with Crippen molar-refractivity contribution in [3.05, 3.63) is 102 Å². The minimum absolute atomic E-state index is 0.230. The Morgan fingerprint density at radius 3 is 2.43 bits per heavy atom. The van der Waals surface area contributed by atoms with Crippen molar-refractivity contribution in [2.45, 2.75) is 44.1 Å². The van der Waals surface area contributed by atoms with E-state index < -0.39 is 0 Å². The lowest BCUT2D eigenvalue weighted by molar-refractivity contribution is 0.198. The van der Waals surface area contributed by atoms with E-state index in [-0.39, 0.29) is 12.0 Å². The van der Waals surface area contributed by atoms with E-state index in [9.17, 15) is 0 Å². The molecule has 1 aliphatic carbocycles. The van der Waals surface area contributed by atoms with Crippen LogP contribution in [-0.4, -0.2) is 17.7 Å². The van der Waals surface area contributed by atoms with Crippen molar-refractivity contribution in [1.29, 1.82) is 0 Å². The third kappa shape index (κ3) is 5.10. The smallest absolute Gasteiger partial charge is 0.161 e. The Morgan fingerprint density at radius 2 is 1.70 bits per heavy atom. The lowest BCUT2D eigenvalue weighted by Gasteiger charge is -2.22. The Morgan fingerprint density at radius 1 is 0.933 bits per heavy atom. The van der Waals surface area contributed by atoms with Crippen LogP contribution in [0.5, 0.6) is 11.5 Å². The fraction of sp³-hybridized carbons (Fsp3) is 0.296. The number of ether oxygens (including phenoxy) is 2. The second-order valence-corrected chi connectivity index (χ2v) is 7.85. The van der Waals surface area contributed by atoms with Gasteiger partial charge in [-0.2, -0.15) is 0 Å².